The summed E-state index contributed by atoms with van der Waals surface area (Å²) in [6.45, 7) is 5.07. The van der Waals surface area contributed by atoms with Crippen molar-refractivity contribution in [1.29, 1.82) is 0 Å². The summed E-state index contributed by atoms with van der Waals surface area (Å²) < 4.78 is 65.3. The lowest BCUT2D eigenvalue weighted by Crippen LogP contribution is -2.27. The van der Waals surface area contributed by atoms with Crippen molar-refractivity contribution in [2.45, 2.75) is 37.9 Å². The summed E-state index contributed by atoms with van der Waals surface area (Å²) >= 11 is 0. The molecule has 0 aliphatic heterocycles. The van der Waals surface area contributed by atoms with Crippen molar-refractivity contribution >= 4 is 10.0 Å². The van der Waals surface area contributed by atoms with Gasteiger partial charge in [-0.1, -0.05) is 24.3 Å². The summed E-state index contributed by atoms with van der Waals surface area (Å²) in [5, 5.41) is 0. The molecule has 0 aliphatic rings. The minimum absolute atomic E-state index is 0.168. The largest absolute Gasteiger partial charge is 0.416 e. The average Bonchev–Trinajstić information content (AvgIpc) is 2.48. The van der Waals surface area contributed by atoms with Gasteiger partial charge in [-0.05, 0) is 55.7 Å². The number of alkyl halides is 3. The third-order valence-electron chi connectivity index (χ3n) is 3.70. The topological polar surface area (TPSA) is 46.2 Å². The van der Waals surface area contributed by atoms with Crippen LogP contribution in [0.15, 0.2) is 47.4 Å². The number of sulfonamides is 1. The van der Waals surface area contributed by atoms with Crippen LogP contribution in [0.1, 0.15) is 35.2 Å². The van der Waals surface area contributed by atoms with Gasteiger partial charge in [-0.3, -0.25) is 0 Å². The zero-order valence-electron chi connectivity index (χ0n) is 13.5. The first-order valence-electron chi connectivity index (χ1n) is 7.27. The second-order valence-corrected chi connectivity index (χ2v) is 7.41. The second-order valence-electron chi connectivity index (χ2n) is 5.73. The number of hydrogen-bond acceptors (Lipinski definition) is 2. The molecule has 0 saturated heterocycles. The van der Waals surface area contributed by atoms with Gasteiger partial charge in [-0.2, -0.15) is 13.2 Å². The smallest absolute Gasteiger partial charge is 0.207 e. The molecule has 1 unspecified atom stereocenters. The van der Waals surface area contributed by atoms with Crippen molar-refractivity contribution in [2.24, 2.45) is 0 Å². The highest BCUT2D eigenvalue weighted by Crippen LogP contribution is 2.30. The monoisotopic (exact) mass is 357 g/mol. The molecular formula is C17H18F3NO2S. The molecule has 0 saturated carbocycles. The van der Waals surface area contributed by atoms with Gasteiger partial charge in [-0.15, -0.1) is 0 Å². The van der Waals surface area contributed by atoms with Crippen LogP contribution in [0.25, 0.3) is 0 Å². The summed E-state index contributed by atoms with van der Waals surface area (Å²) in [7, 11) is -3.77. The quantitative estimate of drug-likeness (QED) is 0.884. The highest BCUT2D eigenvalue weighted by Gasteiger charge is 2.30. The Bertz CT molecular complexity index is 828. The van der Waals surface area contributed by atoms with E-state index in [0.29, 0.717) is 11.1 Å². The molecule has 3 nitrogen and oxygen atoms in total. The summed E-state index contributed by atoms with van der Waals surface area (Å²) in [5.74, 6) is 0. The second kappa shape index (κ2) is 6.57. The van der Waals surface area contributed by atoms with Gasteiger partial charge in [-0.25, -0.2) is 13.1 Å². The normalized spacial score (nSPS) is 13.8. The average molecular weight is 357 g/mol. The Morgan fingerprint density at radius 2 is 1.58 bits per heavy atom. The Morgan fingerprint density at radius 3 is 2.12 bits per heavy atom. The third-order valence-corrected chi connectivity index (χ3v) is 5.39. The standard InChI is InChI=1S/C17H18F3NO2S/c1-11-4-5-12(2)16(10-11)24(22,23)21-13(3)14-6-8-15(9-7-14)17(18,19)20/h4-10,13,21H,1-3H3. The van der Waals surface area contributed by atoms with E-state index in [-0.39, 0.29) is 4.90 Å². The predicted molar refractivity (Wildman–Crippen MR) is 86.1 cm³/mol. The van der Waals surface area contributed by atoms with E-state index in [4.69, 9.17) is 0 Å². The fraction of sp³-hybridized carbons (Fsp3) is 0.294. The van der Waals surface area contributed by atoms with Crippen LogP contribution in [0.5, 0.6) is 0 Å². The van der Waals surface area contributed by atoms with E-state index in [1.165, 1.54) is 12.1 Å². The molecule has 0 bridgehead atoms. The molecule has 1 atom stereocenters. The molecule has 0 fully saturated rings. The lowest BCUT2D eigenvalue weighted by atomic mass is 10.1. The third kappa shape index (κ3) is 4.15. The fourth-order valence-corrected chi connectivity index (χ4v) is 3.88. The molecule has 0 amide bonds. The van der Waals surface area contributed by atoms with Gasteiger partial charge in [0.15, 0.2) is 0 Å². The first kappa shape index (κ1) is 18.5. The lowest BCUT2D eigenvalue weighted by Gasteiger charge is -2.17. The van der Waals surface area contributed by atoms with E-state index in [1.807, 2.05) is 6.07 Å². The van der Waals surface area contributed by atoms with Gasteiger partial charge in [0.1, 0.15) is 0 Å². The Balaban J connectivity index is 2.25. The van der Waals surface area contributed by atoms with Crippen LogP contribution >= 0.6 is 0 Å². The molecule has 2 aromatic carbocycles. The first-order chi connectivity index (χ1) is 11.0. The molecule has 1 N–H and O–H groups in total. The molecule has 0 aliphatic carbocycles. The van der Waals surface area contributed by atoms with Crippen LogP contribution in [-0.4, -0.2) is 8.42 Å². The van der Waals surface area contributed by atoms with Crippen LogP contribution in [0.4, 0.5) is 13.2 Å². The van der Waals surface area contributed by atoms with Crippen LogP contribution in [-0.2, 0) is 16.2 Å². The summed E-state index contributed by atoms with van der Waals surface area (Å²) in [5.41, 5.74) is 1.10. The van der Waals surface area contributed by atoms with E-state index in [1.54, 1.807) is 32.9 Å². The summed E-state index contributed by atoms with van der Waals surface area (Å²) in [6, 6.07) is 8.88. The van der Waals surface area contributed by atoms with E-state index in [2.05, 4.69) is 4.72 Å². The van der Waals surface area contributed by atoms with Crippen molar-refractivity contribution in [3.63, 3.8) is 0 Å². The summed E-state index contributed by atoms with van der Waals surface area (Å²) in [4.78, 5) is 0.168. The van der Waals surface area contributed by atoms with Crippen molar-refractivity contribution in [2.75, 3.05) is 0 Å². The van der Waals surface area contributed by atoms with Crippen molar-refractivity contribution < 1.29 is 21.6 Å². The van der Waals surface area contributed by atoms with Crippen molar-refractivity contribution in [3.8, 4) is 0 Å². The van der Waals surface area contributed by atoms with Crippen LogP contribution in [0.2, 0.25) is 0 Å². The zero-order valence-corrected chi connectivity index (χ0v) is 14.3. The highest BCUT2D eigenvalue weighted by atomic mass is 32.2. The first-order valence-corrected chi connectivity index (χ1v) is 8.76. The molecule has 0 radical (unpaired) electrons. The number of halogens is 3. The number of rotatable bonds is 4. The minimum atomic E-state index is -4.42. The maximum atomic E-state index is 12.6. The SMILES string of the molecule is Cc1ccc(C)c(S(=O)(=O)NC(C)c2ccc(C(F)(F)F)cc2)c1. The molecule has 0 heterocycles. The molecule has 7 heteroatoms. The number of hydrogen-bond donors (Lipinski definition) is 1. The summed E-state index contributed by atoms with van der Waals surface area (Å²) in [6.07, 6.45) is -4.42. The van der Waals surface area contributed by atoms with Gasteiger partial charge >= 0.3 is 6.18 Å². The van der Waals surface area contributed by atoms with E-state index >= 15 is 0 Å². The Labute approximate surface area is 139 Å². The lowest BCUT2D eigenvalue weighted by molar-refractivity contribution is -0.137. The molecular weight excluding hydrogens is 339 g/mol. The molecule has 130 valence electrons. The Kier molecular flexibility index (Phi) is 5.05. The van der Waals surface area contributed by atoms with Gasteiger partial charge in [0.25, 0.3) is 0 Å². The highest BCUT2D eigenvalue weighted by molar-refractivity contribution is 7.89. The maximum Gasteiger partial charge on any atom is 0.416 e. The zero-order chi connectivity index (χ0) is 18.1. The molecule has 0 spiro atoms. The van der Waals surface area contributed by atoms with Gasteiger partial charge in [0.05, 0.1) is 10.5 Å². The van der Waals surface area contributed by atoms with Crippen LogP contribution in [0, 0.1) is 13.8 Å². The fourth-order valence-electron chi connectivity index (χ4n) is 2.32. The number of aryl methyl sites for hydroxylation is 2. The van der Waals surface area contributed by atoms with Crippen molar-refractivity contribution in [3.05, 3.63) is 64.7 Å². The number of benzene rings is 2. The molecule has 2 rings (SSSR count). The molecule has 24 heavy (non-hydrogen) atoms. The van der Waals surface area contributed by atoms with Crippen molar-refractivity contribution in [1.82, 2.24) is 4.72 Å². The Morgan fingerprint density at radius 1 is 1.00 bits per heavy atom. The van der Waals surface area contributed by atoms with E-state index in [9.17, 15) is 21.6 Å². The van der Waals surface area contributed by atoms with E-state index in [0.717, 1.165) is 17.7 Å². The van der Waals surface area contributed by atoms with E-state index < -0.39 is 27.8 Å². The van der Waals surface area contributed by atoms with Gasteiger partial charge < -0.3 is 0 Å². The number of nitrogens with one attached hydrogen (secondary N) is 1. The van der Waals surface area contributed by atoms with Crippen LogP contribution < -0.4 is 4.72 Å². The van der Waals surface area contributed by atoms with Gasteiger partial charge in [0, 0.05) is 6.04 Å². The predicted octanol–water partition coefficient (Wildman–Crippen LogP) is 4.36. The van der Waals surface area contributed by atoms with Gasteiger partial charge in [0.2, 0.25) is 10.0 Å². The molecule has 2 aromatic rings. The minimum Gasteiger partial charge on any atom is -0.207 e. The maximum absolute atomic E-state index is 12.6. The molecule has 0 aromatic heterocycles. The Hall–Kier alpha value is -1.86. The van der Waals surface area contributed by atoms with Crippen LogP contribution in [0.3, 0.4) is 0 Å².